The molecule has 0 fully saturated rings. The van der Waals surface area contributed by atoms with Gasteiger partial charge in [-0.3, -0.25) is 4.99 Å². The standard InChI is InChI=1S/C13H19ClFN3/c1-2-3-8-17-13(16)18-9-7-10-11(14)5-4-6-12(10)15/h4-6H,2-3,7-9H2,1H3,(H3,16,17,18). The second kappa shape index (κ2) is 7.93. The number of nitrogens with zero attached hydrogens (tertiary/aromatic N) is 1. The van der Waals surface area contributed by atoms with Gasteiger partial charge in [0.05, 0.1) is 0 Å². The fourth-order valence-corrected chi connectivity index (χ4v) is 1.76. The number of guanidine groups is 1. The molecule has 0 radical (unpaired) electrons. The molecule has 3 nitrogen and oxygen atoms in total. The summed E-state index contributed by atoms with van der Waals surface area (Å²) >= 11 is 5.92. The van der Waals surface area contributed by atoms with Crippen LogP contribution in [0.5, 0.6) is 0 Å². The lowest BCUT2D eigenvalue weighted by molar-refractivity contribution is 0.607. The van der Waals surface area contributed by atoms with E-state index in [-0.39, 0.29) is 5.82 Å². The van der Waals surface area contributed by atoms with Crippen molar-refractivity contribution in [3.05, 3.63) is 34.6 Å². The molecule has 0 aliphatic rings. The Morgan fingerprint density at radius 3 is 2.94 bits per heavy atom. The highest BCUT2D eigenvalue weighted by Gasteiger charge is 2.06. The van der Waals surface area contributed by atoms with Gasteiger partial charge < -0.3 is 11.1 Å². The molecule has 0 aliphatic heterocycles. The van der Waals surface area contributed by atoms with Gasteiger partial charge >= 0.3 is 0 Å². The van der Waals surface area contributed by atoms with Gasteiger partial charge in [0.1, 0.15) is 5.82 Å². The molecule has 0 unspecified atom stereocenters. The maximum atomic E-state index is 13.4. The van der Waals surface area contributed by atoms with Crippen molar-refractivity contribution in [3.8, 4) is 0 Å². The molecule has 1 aromatic rings. The topological polar surface area (TPSA) is 50.4 Å². The first-order chi connectivity index (χ1) is 8.65. The van der Waals surface area contributed by atoms with E-state index in [4.69, 9.17) is 17.3 Å². The number of halogens is 2. The first kappa shape index (κ1) is 14.8. The molecule has 0 aliphatic carbocycles. The highest BCUT2D eigenvalue weighted by atomic mass is 35.5. The summed E-state index contributed by atoms with van der Waals surface area (Å²) in [5, 5.41) is 3.39. The largest absolute Gasteiger partial charge is 0.370 e. The number of aliphatic imine (C=N–C) groups is 1. The Kier molecular flexibility index (Phi) is 6.50. The van der Waals surface area contributed by atoms with E-state index >= 15 is 0 Å². The van der Waals surface area contributed by atoms with E-state index in [1.54, 1.807) is 12.1 Å². The Labute approximate surface area is 112 Å². The highest BCUT2D eigenvalue weighted by Crippen LogP contribution is 2.18. The minimum atomic E-state index is -0.286. The van der Waals surface area contributed by atoms with Crippen LogP contribution in [0, 0.1) is 5.82 Å². The quantitative estimate of drug-likeness (QED) is 0.475. The van der Waals surface area contributed by atoms with Gasteiger partial charge in [-0.2, -0.15) is 0 Å². The lowest BCUT2D eigenvalue weighted by atomic mass is 10.1. The number of unbranched alkanes of at least 4 members (excludes halogenated alkanes) is 1. The molecule has 3 N–H and O–H groups in total. The lowest BCUT2D eigenvalue weighted by Gasteiger charge is -2.08. The zero-order chi connectivity index (χ0) is 13.4. The van der Waals surface area contributed by atoms with Gasteiger partial charge in [-0.1, -0.05) is 31.0 Å². The summed E-state index contributed by atoms with van der Waals surface area (Å²) in [6.45, 7) is 3.33. The molecule has 18 heavy (non-hydrogen) atoms. The van der Waals surface area contributed by atoms with Gasteiger partial charge in [0.15, 0.2) is 5.96 Å². The van der Waals surface area contributed by atoms with Gasteiger partial charge in [-0.15, -0.1) is 0 Å². The van der Waals surface area contributed by atoms with Crippen molar-refractivity contribution in [2.24, 2.45) is 10.7 Å². The third-order valence-electron chi connectivity index (χ3n) is 2.54. The van der Waals surface area contributed by atoms with Crippen LogP contribution < -0.4 is 11.1 Å². The van der Waals surface area contributed by atoms with Crippen molar-refractivity contribution in [2.75, 3.05) is 13.1 Å². The summed E-state index contributed by atoms with van der Waals surface area (Å²) in [6.07, 6.45) is 2.58. The highest BCUT2D eigenvalue weighted by molar-refractivity contribution is 6.31. The van der Waals surface area contributed by atoms with E-state index in [9.17, 15) is 4.39 Å². The van der Waals surface area contributed by atoms with Crippen LogP contribution in [0.4, 0.5) is 4.39 Å². The van der Waals surface area contributed by atoms with E-state index in [2.05, 4.69) is 17.2 Å². The average molecular weight is 272 g/mol. The van der Waals surface area contributed by atoms with Crippen LogP contribution in [0.1, 0.15) is 25.3 Å². The van der Waals surface area contributed by atoms with Crippen LogP contribution in [-0.4, -0.2) is 19.0 Å². The van der Waals surface area contributed by atoms with Gasteiger partial charge in [0, 0.05) is 23.7 Å². The predicted octanol–water partition coefficient (Wildman–Crippen LogP) is 2.73. The molecule has 0 bridgehead atoms. The molecule has 0 aromatic heterocycles. The van der Waals surface area contributed by atoms with E-state index in [0.29, 0.717) is 29.5 Å². The zero-order valence-corrected chi connectivity index (χ0v) is 11.3. The minimum absolute atomic E-state index is 0.286. The first-order valence-corrected chi connectivity index (χ1v) is 6.49. The maximum absolute atomic E-state index is 13.4. The van der Waals surface area contributed by atoms with Crippen LogP contribution in [-0.2, 0) is 6.42 Å². The summed E-state index contributed by atoms with van der Waals surface area (Å²) < 4.78 is 13.4. The Morgan fingerprint density at radius 2 is 2.28 bits per heavy atom. The number of nitrogens with two attached hydrogens (primary N) is 1. The fraction of sp³-hybridized carbons (Fsp3) is 0.462. The van der Waals surface area contributed by atoms with E-state index in [1.807, 2.05) is 0 Å². The summed E-state index contributed by atoms with van der Waals surface area (Å²) in [5.74, 6) is 0.113. The SMILES string of the molecule is CCCCN=C(N)NCCc1c(F)cccc1Cl. The smallest absolute Gasteiger partial charge is 0.188 e. The first-order valence-electron chi connectivity index (χ1n) is 6.11. The Morgan fingerprint density at radius 1 is 1.50 bits per heavy atom. The maximum Gasteiger partial charge on any atom is 0.188 e. The van der Waals surface area contributed by atoms with Crippen molar-refractivity contribution >= 4 is 17.6 Å². The monoisotopic (exact) mass is 271 g/mol. The molecule has 1 aromatic carbocycles. The molecular weight excluding hydrogens is 253 g/mol. The second-order valence-electron chi connectivity index (χ2n) is 4.00. The normalized spacial score (nSPS) is 11.6. The molecule has 100 valence electrons. The molecule has 0 saturated heterocycles. The zero-order valence-electron chi connectivity index (χ0n) is 10.5. The molecule has 1 rings (SSSR count). The van der Waals surface area contributed by atoms with Crippen LogP contribution in [0.25, 0.3) is 0 Å². The Balaban J connectivity index is 2.40. The molecule has 0 heterocycles. The predicted molar refractivity (Wildman–Crippen MR) is 74.5 cm³/mol. The summed E-state index contributed by atoms with van der Waals surface area (Å²) in [7, 11) is 0. The van der Waals surface area contributed by atoms with Crippen molar-refractivity contribution in [1.29, 1.82) is 0 Å². The molecular formula is C13H19ClFN3. The van der Waals surface area contributed by atoms with Crippen molar-refractivity contribution in [1.82, 2.24) is 5.32 Å². The van der Waals surface area contributed by atoms with Gasteiger partial charge in [0.25, 0.3) is 0 Å². The van der Waals surface area contributed by atoms with Crippen molar-refractivity contribution in [3.63, 3.8) is 0 Å². The molecule has 5 heteroatoms. The minimum Gasteiger partial charge on any atom is -0.370 e. The molecule has 0 amide bonds. The molecule has 0 saturated carbocycles. The number of benzene rings is 1. The van der Waals surface area contributed by atoms with E-state index < -0.39 is 0 Å². The third-order valence-corrected chi connectivity index (χ3v) is 2.89. The van der Waals surface area contributed by atoms with Crippen molar-refractivity contribution in [2.45, 2.75) is 26.2 Å². The third kappa shape index (κ3) is 4.92. The van der Waals surface area contributed by atoms with Crippen LogP contribution in [0.2, 0.25) is 5.02 Å². The second-order valence-corrected chi connectivity index (χ2v) is 4.40. The van der Waals surface area contributed by atoms with Crippen LogP contribution in [0.3, 0.4) is 0 Å². The number of hydrogen-bond donors (Lipinski definition) is 2. The Bertz CT molecular complexity index is 387. The summed E-state index contributed by atoms with van der Waals surface area (Å²) in [5.41, 5.74) is 6.17. The molecule has 0 spiro atoms. The Hall–Kier alpha value is -1.29. The van der Waals surface area contributed by atoms with Crippen LogP contribution >= 0.6 is 11.6 Å². The number of nitrogens with one attached hydrogen (secondary N) is 1. The van der Waals surface area contributed by atoms with E-state index in [1.165, 1.54) is 6.07 Å². The van der Waals surface area contributed by atoms with Gasteiger partial charge in [-0.05, 0) is 25.0 Å². The number of hydrogen-bond acceptors (Lipinski definition) is 1. The fourth-order valence-electron chi connectivity index (χ4n) is 1.50. The summed E-state index contributed by atoms with van der Waals surface area (Å²) in [6, 6.07) is 4.67. The van der Waals surface area contributed by atoms with Crippen molar-refractivity contribution < 1.29 is 4.39 Å². The number of rotatable bonds is 6. The van der Waals surface area contributed by atoms with Crippen LogP contribution in [0.15, 0.2) is 23.2 Å². The summed E-state index contributed by atoms with van der Waals surface area (Å²) in [4.78, 5) is 4.15. The van der Waals surface area contributed by atoms with Gasteiger partial charge in [-0.25, -0.2) is 4.39 Å². The average Bonchev–Trinajstić information content (AvgIpc) is 2.33. The lowest BCUT2D eigenvalue weighted by Crippen LogP contribution is -2.33. The van der Waals surface area contributed by atoms with E-state index in [0.717, 1.165) is 19.4 Å². The van der Waals surface area contributed by atoms with Gasteiger partial charge in [0.2, 0.25) is 0 Å². The molecule has 0 atom stereocenters.